The summed E-state index contributed by atoms with van der Waals surface area (Å²) in [5, 5.41) is 0. The van der Waals surface area contributed by atoms with E-state index in [4.69, 9.17) is 15.3 Å². The van der Waals surface area contributed by atoms with Gasteiger partial charge in [0.1, 0.15) is 10.6 Å². The summed E-state index contributed by atoms with van der Waals surface area (Å²) >= 11 is 0. The van der Waals surface area contributed by atoms with Crippen LogP contribution in [-0.4, -0.2) is 33.1 Å². The SMILES string of the molecule is COc1cc(C)c(N)cc1S(=O)(=O)N1CCCCO1. The van der Waals surface area contributed by atoms with Crippen molar-refractivity contribution in [3.05, 3.63) is 17.7 Å². The Labute approximate surface area is 113 Å². The molecule has 0 aliphatic carbocycles. The number of hydrogen-bond donors (Lipinski definition) is 1. The molecule has 0 aromatic heterocycles. The molecule has 19 heavy (non-hydrogen) atoms. The van der Waals surface area contributed by atoms with Crippen molar-refractivity contribution in [2.24, 2.45) is 0 Å². The van der Waals surface area contributed by atoms with E-state index >= 15 is 0 Å². The second-order valence-electron chi connectivity index (χ2n) is 4.43. The fourth-order valence-electron chi connectivity index (χ4n) is 1.91. The number of rotatable bonds is 3. The first-order valence-electron chi connectivity index (χ1n) is 6.06. The van der Waals surface area contributed by atoms with Crippen LogP contribution in [0.1, 0.15) is 18.4 Å². The number of nitrogens with zero attached hydrogens (tertiary/aromatic N) is 1. The standard InChI is InChI=1S/C12H18N2O4S/c1-9-7-11(17-2)12(8-10(9)13)19(15,16)14-5-3-4-6-18-14/h7-8H,3-6,13H2,1-2H3. The van der Waals surface area contributed by atoms with Crippen molar-refractivity contribution in [3.63, 3.8) is 0 Å². The summed E-state index contributed by atoms with van der Waals surface area (Å²) < 4.78 is 31.2. The van der Waals surface area contributed by atoms with E-state index in [2.05, 4.69) is 0 Å². The van der Waals surface area contributed by atoms with Crippen molar-refractivity contribution in [1.82, 2.24) is 4.47 Å². The monoisotopic (exact) mass is 286 g/mol. The number of nitrogen functional groups attached to an aromatic ring is 1. The Balaban J connectivity index is 2.47. The minimum Gasteiger partial charge on any atom is -0.495 e. The van der Waals surface area contributed by atoms with E-state index in [1.54, 1.807) is 13.0 Å². The molecule has 6 nitrogen and oxygen atoms in total. The molecule has 0 bridgehead atoms. The highest BCUT2D eigenvalue weighted by atomic mass is 32.2. The molecule has 1 saturated heterocycles. The first-order valence-corrected chi connectivity index (χ1v) is 7.50. The van der Waals surface area contributed by atoms with Crippen LogP contribution in [0.2, 0.25) is 0 Å². The van der Waals surface area contributed by atoms with E-state index < -0.39 is 10.0 Å². The van der Waals surface area contributed by atoms with E-state index in [0.717, 1.165) is 22.9 Å². The molecule has 1 fully saturated rings. The Morgan fingerprint density at radius 2 is 2.11 bits per heavy atom. The Kier molecular flexibility index (Phi) is 3.98. The van der Waals surface area contributed by atoms with Crippen LogP contribution in [0.5, 0.6) is 5.75 Å². The fourth-order valence-corrected chi connectivity index (χ4v) is 3.39. The second kappa shape index (κ2) is 5.36. The zero-order chi connectivity index (χ0) is 14.0. The van der Waals surface area contributed by atoms with E-state index in [9.17, 15) is 8.42 Å². The molecule has 2 rings (SSSR count). The third-order valence-electron chi connectivity index (χ3n) is 3.07. The fraction of sp³-hybridized carbons (Fsp3) is 0.500. The van der Waals surface area contributed by atoms with Gasteiger partial charge in [0.05, 0.1) is 13.7 Å². The van der Waals surface area contributed by atoms with Gasteiger partial charge in [-0.05, 0) is 37.5 Å². The lowest BCUT2D eigenvalue weighted by Gasteiger charge is -2.26. The first-order chi connectivity index (χ1) is 8.96. The van der Waals surface area contributed by atoms with Crippen LogP contribution in [0.25, 0.3) is 0 Å². The van der Waals surface area contributed by atoms with Crippen LogP contribution in [0.3, 0.4) is 0 Å². The predicted molar refractivity (Wildman–Crippen MR) is 71.2 cm³/mol. The van der Waals surface area contributed by atoms with Gasteiger partial charge in [-0.3, -0.25) is 4.84 Å². The van der Waals surface area contributed by atoms with Crippen LogP contribution in [0, 0.1) is 6.92 Å². The van der Waals surface area contributed by atoms with Gasteiger partial charge in [-0.15, -0.1) is 0 Å². The minimum atomic E-state index is -3.74. The topological polar surface area (TPSA) is 81.9 Å². The molecular weight excluding hydrogens is 268 g/mol. The van der Waals surface area contributed by atoms with Gasteiger partial charge in [-0.1, -0.05) is 4.47 Å². The van der Waals surface area contributed by atoms with E-state index in [-0.39, 0.29) is 10.6 Å². The number of hydrogen-bond acceptors (Lipinski definition) is 5. The van der Waals surface area contributed by atoms with Crippen LogP contribution in [-0.2, 0) is 14.9 Å². The number of sulfonamides is 1. The summed E-state index contributed by atoms with van der Waals surface area (Å²) in [4.78, 5) is 5.26. The van der Waals surface area contributed by atoms with Gasteiger partial charge in [0.2, 0.25) is 0 Å². The average molecular weight is 286 g/mol. The minimum absolute atomic E-state index is 0.0417. The number of aryl methyl sites for hydroxylation is 1. The zero-order valence-electron chi connectivity index (χ0n) is 11.0. The Hall–Kier alpha value is -1.31. The van der Waals surface area contributed by atoms with Gasteiger partial charge >= 0.3 is 0 Å². The molecule has 7 heteroatoms. The van der Waals surface area contributed by atoms with Gasteiger partial charge in [0, 0.05) is 12.2 Å². The number of methoxy groups -OCH3 is 1. The number of nitrogens with two attached hydrogens (primary N) is 1. The normalized spacial score (nSPS) is 17.4. The molecule has 106 valence electrons. The van der Waals surface area contributed by atoms with Crippen molar-refractivity contribution in [2.75, 3.05) is 26.0 Å². The Morgan fingerprint density at radius 1 is 1.37 bits per heavy atom. The lowest BCUT2D eigenvalue weighted by atomic mass is 10.2. The average Bonchev–Trinajstić information content (AvgIpc) is 2.42. The molecule has 0 amide bonds. The third kappa shape index (κ3) is 2.68. The van der Waals surface area contributed by atoms with E-state index in [1.165, 1.54) is 13.2 Å². The molecule has 1 heterocycles. The van der Waals surface area contributed by atoms with E-state index in [1.807, 2.05) is 0 Å². The van der Waals surface area contributed by atoms with Gasteiger partial charge in [0.15, 0.2) is 0 Å². The van der Waals surface area contributed by atoms with Crippen molar-refractivity contribution < 1.29 is 18.0 Å². The highest BCUT2D eigenvalue weighted by molar-refractivity contribution is 7.89. The highest BCUT2D eigenvalue weighted by Gasteiger charge is 2.30. The molecule has 0 saturated carbocycles. The number of anilines is 1. The third-order valence-corrected chi connectivity index (χ3v) is 4.77. The van der Waals surface area contributed by atoms with Crippen LogP contribution < -0.4 is 10.5 Å². The molecule has 1 aromatic carbocycles. The summed E-state index contributed by atoms with van der Waals surface area (Å²) in [6.07, 6.45) is 1.64. The summed E-state index contributed by atoms with van der Waals surface area (Å²) in [7, 11) is -2.31. The van der Waals surface area contributed by atoms with Crippen molar-refractivity contribution in [3.8, 4) is 5.75 Å². The predicted octanol–water partition coefficient (Wildman–Crippen LogP) is 1.30. The number of ether oxygens (including phenoxy) is 1. The summed E-state index contributed by atoms with van der Waals surface area (Å²) in [6, 6.07) is 3.04. The van der Waals surface area contributed by atoms with Gasteiger partial charge in [-0.25, -0.2) is 8.42 Å². The summed E-state index contributed by atoms with van der Waals surface area (Å²) in [6.45, 7) is 2.55. The van der Waals surface area contributed by atoms with Crippen molar-refractivity contribution >= 4 is 15.7 Å². The molecule has 0 spiro atoms. The molecule has 0 atom stereocenters. The molecule has 2 N–H and O–H groups in total. The molecule has 0 radical (unpaired) electrons. The molecule has 1 aromatic rings. The number of hydroxylamine groups is 1. The maximum Gasteiger partial charge on any atom is 0.268 e. The van der Waals surface area contributed by atoms with Crippen molar-refractivity contribution in [1.29, 1.82) is 0 Å². The van der Waals surface area contributed by atoms with Crippen LogP contribution in [0.4, 0.5) is 5.69 Å². The molecule has 1 aliphatic heterocycles. The summed E-state index contributed by atoms with van der Waals surface area (Å²) in [5.41, 5.74) is 6.98. The lowest BCUT2D eigenvalue weighted by Crippen LogP contribution is -2.36. The van der Waals surface area contributed by atoms with Gasteiger partial charge in [0.25, 0.3) is 10.0 Å². The zero-order valence-corrected chi connectivity index (χ0v) is 11.9. The Bertz CT molecular complexity index is 565. The summed E-state index contributed by atoms with van der Waals surface area (Å²) in [5.74, 6) is 0.279. The maximum absolute atomic E-state index is 12.5. The van der Waals surface area contributed by atoms with E-state index in [0.29, 0.717) is 18.8 Å². The molecule has 0 unspecified atom stereocenters. The highest BCUT2D eigenvalue weighted by Crippen LogP contribution is 2.32. The lowest BCUT2D eigenvalue weighted by molar-refractivity contribution is -0.108. The maximum atomic E-state index is 12.5. The Morgan fingerprint density at radius 3 is 2.68 bits per heavy atom. The van der Waals surface area contributed by atoms with Crippen molar-refractivity contribution in [2.45, 2.75) is 24.7 Å². The first kappa shape index (κ1) is 14.1. The molecule has 1 aliphatic rings. The number of benzene rings is 1. The van der Waals surface area contributed by atoms with Crippen LogP contribution >= 0.6 is 0 Å². The van der Waals surface area contributed by atoms with Gasteiger partial charge in [-0.2, -0.15) is 0 Å². The largest absolute Gasteiger partial charge is 0.495 e. The quantitative estimate of drug-likeness (QED) is 0.847. The second-order valence-corrected chi connectivity index (χ2v) is 6.23. The van der Waals surface area contributed by atoms with Gasteiger partial charge < -0.3 is 10.5 Å². The van der Waals surface area contributed by atoms with Crippen LogP contribution in [0.15, 0.2) is 17.0 Å². The smallest absolute Gasteiger partial charge is 0.268 e. The molecular formula is C12H18N2O4S.